The van der Waals surface area contributed by atoms with Gasteiger partial charge in [0, 0.05) is 38.3 Å². The van der Waals surface area contributed by atoms with E-state index in [9.17, 15) is 28.1 Å². The van der Waals surface area contributed by atoms with Gasteiger partial charge in [-0.3, -0.25) is 19.8 Å². The molecule has 1 aromatic heterocycles. The number of halogens is 3. The predicted octanol–water partition coefficient (Wildman–Crippen LogP) is 4.29. The molecule has 190 valence electrons. The molecule has 1 saturated heterocycles. The molecular weight excluding hydrogens is 487 g/mol. The normalized spacial score (nSPS) is 21.9. The molecule has 1 aromatic carbocycles. The number of rotatable bonds is 5. The van der Waals surface area contributed by atoms with E-state index in [4.69, 9.17) is 4.84 Å². The van der Waals surface area contributed by atoms with Crippen LogP contribution in [0.3, 0.4) is 0 Å². The van der Waals surface area contributed by atoms with Gasteiger partial charge in [0.25, 0.3) is 11.2 Å². The molecule has 0 bridgehead atoms. The summed E-state index contributed by atoms with van der Waals surface area (Å²) in [5.74, 6) is 0.556. The van der Waals surface area contributed by atoms with Crippen molar-refractivity contribution in [3.8, 4) is 0 Å². The van der Waals surface area contributed by atoms with Gasteiger partial charge in [-0.15, -0.1) is 0 Å². The first-order valence-electron chi connectivity index (χ1n) is 11.3. The number of aromatic nitrogens is 1. The lowest BCUT2D eigenvalue weighted by Crippen LogP contribution is -2.53. The highest BCUT2D eigenvalue weighted by Crippen LogP contribution is 2.38. The second-order valence-corrected chi connectivity index (χ2v) is 9.98. The second kappa shape index (κ2) is 10.1. The summed E-state index contributed by atoms with van der Waals surface area (Å²) in [4.78, 5) is 36.4. The summed E-state index contributed by atoms with van der Waals surface area (Å²) in [6.45, 7) is 4.88. The van der Waals surface area contributed by atoms with E-state index < -0.39 is 27.9 Å². The summed E-state index contributed by atoms with van der Waals surface area (Å²) in [6.07, 6.45) is -0.858. The monoisotopic (exact) mass is 513 g/mol. The van der Waals surface area contributed by atoms with Crippen LogP contribution in [0.1, 0.15) is 38.2 Å². The number of nitrogens with zero attached hydrogens (tertiary/aromatic N) is 5. The Labute approximate surface area is 203 Å². The molecule has 0 unspecified atom stereocenters. The number of hydrogen-bond donors (Lipinski definition) is 0. The van der Waals surface area contributed by atoms with Gasteiger partial charge in [0.05, 0.1) is 21.6 Å². The molecule has 13 heteroatoms. The van der Waals surface area contributed by atoms with Crippen LogP contribution >= 0.6 is 11.3 Å². The Morgan fingerprint density at radius 3 is 2.60 bits per heavy atom. The predicted molar refractivity (Wildman–Crippen MR) is 127 cm³/mol. The molecule has 2 aliphatic rings. The van der Waals surface area contributed by atoms with Gasteiger partial charge in [-0.25, -0.2) is 0 Å². The Morgan fingerprint density at radius 1 is 1.29 bits per heavy atom. The van der Waals surface area contributed by atoms with E-state index in [-0.39, 0.29) is 21.3 Å². The van der Waals surface area contributed by atoms with Crippen molar-refractivity contribution in [3.05, 3.63) is 38.2 Å². The van der Waals surface area contributed by atoms with Crippen molar-refractivity contribution in [1.29, 1.82) is 0 Å². The molecule has 35 heavy (non-hydrogen) atoms. The second-order valence-electron chi connectivity index (χ2n) is 9.00. The van der Waals surface area contributed by atoms with Gasteiger partial charge in [-0.1, -0.05) is 16.5 Å². The third-order valence-corrected chi connectivity index (χ3v) is 7.81. The molecule has 0 amide bonds. The first-order valence-corrected chi connectivity index (χ1v) is 12.2. The van der Waals surface area contributed by atoms with Gasteiger partial charge in [-0.2, -0.15) is 18.2 Å². The van der Waals surface area contributed by atoms with Gasteiger partial charge in [-0.05, 0) is 44.6 Å². The van der Waals surface area contributed by atoms with Crippen molar-refractivity contribution < 1.29 is 22.9 Å². The minimum absolute atomic E-state index is 0.0937. The van der Waals surface area contributed by atoms with Gasteiger partial charge in [0.2, 0.25) is 0 Å². The van der Waals surface area contributed by atoms with Crippen molar-refractivity contribution in [3.63, 3.8) is 0 Å². The lowest BCUT2D eigenvalue weighted by Gasteiger charge is -2.42. The summed E-state index contributed by atoms with van der Waals surface area (Å²) in [7, 11) is 1.55. The maximum absolute atomic E-state index is 13.2. The van der Waals surface area contributed by atoms with Crippen molar-refractivity contribution >= 4 is 38.0 Å². The van der Waals surface area contributed by atoms with E-state index in [2.05, 4.69) is 22.0 Å². The maximum atomic E-state index is 13.2. The number of nitro groups is 1. The molecular formula is C22H26F3N5O4S. The van der Waals surface area contributed by atoms with Crippen molar-refractivity contribution in [2.75, 3.05) is 38.2 Å². The van der Waals surface area contributed by atoms with Crippen molar-refractivity contribution in [1.82, 2.24) is 9.88 Å². The van der Waals surface area contributed by atoms with E-state index in [1.54, 1.807) is 7.11 Å². The fraction of sp³-hybridized carbons (Fsp3) is 0.591. The number of hydrogen-bond acceptors (Lipinski definition) is 9. The van der Waals surface area contributed by atoms with Crippen LogP contribution in [0.25, 0.3) is 10.1 Å². The molecule has 2 aromatic rings. The zero-order valence-corrected chi connectivity index (χ0v) is 20.2. The topological polar surface area (TPSA) is 101 Å². The van der Waals surface area contributed by atoms with E-state index in [0.717, 1.165) is 55.8 Å². The quantitative estimate of drug-likeness (QED) is 0.434. The van der Waals surface area contributed by atoms with E-state index in [0.29, 0.717) is 31.1 Å². The number of benzene rings is 1. The fourth-order valence-corrected chi connectivity index (χ4v) is 5.86. The molecule has 2 fully saturated rings. The van der Waals surface area contributed by atoms with Crippen LogP contribution in [0.5, 0.6) is 0 Å². The third-order valence-electron chi connectivity index (χ3n) is 6.65. The summed E-state index contributed by atoms with van der Waals surface area (Å²) < 4.78 is 39.5. The molecule has 1 aliphatic heterocycles. The van der Waals surface area contributed by atoms with Crippen molar-refractivity contribution in [2.45, 2.75) is 44.8 Å². The lowest BCUT2D eigenvalue weighted by molar-refractivity contribution is -0.383. The van der Waals surface area contributed by atoms with Gasteiger partial charge < -0.3 is 9.74 Å². The minimum Gasteiger partial charge on any atom is -0.399 e. The summed E-state index contributed by atoms with van der Waals surface area (Å²) in [5.41, 5.74) is -1.77. The van der Waals surface area contributed by atoms with Crippen LogP contribution in [0.2, 0.25) is 0 Å². The Morgan fingerprint density at radius 2 is 2.00 bits per heavy atom. The molecule has 1 aliphatic carbocycles. The van der Waals surface area contributed by atoms with E-state index in [1.807, 2.05) is 4.90 Å². The van der Waals surface area contributed by atoms with E-state index in [1.165, 1.54) is 0 Å². The number of oxime groups is 1. The Kier molecular flexibility index (Phi) is 7.27. The molecule has 1 atom stereocenters. The van der Waals surface area contributed by atoms with Gasteiger partial charge >= 0.3 is 6.18 Å². The van der Waals surface area contributed by atoms with Crippen LogP contribution in [-0.4, -0.2) is 59.8 Å². The number of piperazine rings is 1. The summed E-state index contributed by atoms with van der Waals surface area (Å²) in [5, 5.41) is 15.5. The number of anilines is 1. The Hall–Kier alpha value is -2.80. The highest BCUT2D eigenvalue weighted by atomic mass is 32.1. The van der Waals surface area contributed by atoms with Gasteiger partial charge in [0.1, 0.15) is 11.8 Å². The molecule has 2 heterocycles. The average Bonchev–Trinajstić information content (AvgIpc) is 2.80. The fourth-order valence-electron chi connectivity index (χ4n) is 4.76. The lowest BCUT2D eigenvalue weighted by atomic mass is 9.87. The largest absolute Gasteiger partial charge is 0.416 e. The standard InChI is InChI=1S/C22H26F3N5O4S/c1-13-11-29(8-7-28(13)12-14-3-5-16(6-4-14)27-34-2)21-26-20(31)17-9-15(22(23,24)25)10-18(30(32)33)19(17)35-21/h9-10,13-14H,3-8,11-12H2,1-2H3/t13-,14?/m0/s1. The van der Waals surface area contributed by atoms with Crippen LogP contribution in [0, 0.1) is 16.0 Å². The Balaban J connectivity index is 1.52. The number of alkyl halides is 3. The molecule has 0 N–H and O–H groups in total. The minimum atomic E-state index is -4.81. The molecule has 0 radical (unpaired) electrons. The van der Waals surface area contributed by atoms with E-state index >= 15 is 0 Å². The molecule has 9 nitrogen and oxygen atoms in total. The Bertz CT molecular complexity index is 1190. The summed E-state index contributed by atoms with van der Waals surface area (Å²) in [6, 6.07) is 1.28. The number of non-ortho nitro benzene ring substituents is 1. The zero-order valence-electron chi connectivity index (χ0n) is 19.4. The summed E-state index contributed by atoms with van der Waals surface area (Å²) >= 11 is 0.888. The number of nitro benzene ring substituents is 1. The number of fused-ring (bicyclic) bond motifs is 1. The van der Waals surface area contributed by atoms with Crippen LogP contribution in [-0.2, 0) is 11.0 Å². The highest BCUT2D eigenvalue weighted by molar-refractivity contribution is 7.22. The van der Waals surface area contributed by atoms with Crippen molar-refractivity contribution in [2.24, 2.45) is 11.1 Å². The SMILES string of the molecule is CON=C1CCC(CN2CCN(c3nc(=O)c4cc(C(F)(F)F)cc([N+](=O)[O-])c4s3)C[C@@H]2C)CC1. The molecule has 1 saturated carbocycles. The smallest absolute Gasteiger partial charge is 0.399 e. The first-order chi connectivity index (χ1) is 16.6. The molecule has 4 rings (SSSR count). The average molecular weight is 514 g/mol. The zero-order chi connectivity index (χ0) is 25.3. The maximum Gasteiger partial charge on any atom is 0.416 e. The van der Waals surface area contributed by atoms with Gasteiger partial charge in [0.15, 0.2) is 5.13 Å². The van der Waals surface area contributed by atoms with Crippen LogP contribution < -0.4 is 10.5 Å². The van der Waals surface area contributed by atoms with Crippen LogP contribution in [0.4, 0.5) is 24.0 Å². The first kappa shape index (κ1) is 25.3. The third kappa shape index (κ3) is 5.56. The highest BCUT2D eigenvalue weighted by Gasteiger charge is 2.35. The molecule has 0 spiro atoms. The van der Waals surface area contributed by atoms with Crippen LogP contribution in [0.15, 0.2) is 22.1 Å².